The second-order valence-electron chi connectivity index (χ2n) is 5.06. The van der Waals surface area contributed by atoms with Gasteiger partial charge in [-0.15, -0.1) is 0 Å². The van der Waals surface area contributed by atoms with Crippen molar-refractivity contribution >= 4 is 5.91 Å². The number of amides is 1. The summed E-state index contributed by atoms with van der Waals surface area (Å²) in [5.41, 5.74) is 0.0156. The van der Waals surface area contributed by atoms with Gasteiger partial charge >= 0.3 is 0 Å². The van der Waals surface area contributed by atoms with E-state index in [0.717, 1.165) is 11.3 Å². The Bertz CT molecular complexity index is 489. The molecule has 1 saturated heterocycles. The molecule has 0 aliphatic carbocycles. The Morgan fingerprint density at radius 1 is 1.45 bits per heavy atom. The lowest BCUT2D eigenvalue weighted by molar-refractivity contribution is -0.186. The Balaban J connectivity index is 2.26. The summed E-state index contributed by atoms with van der Waals surface area (Å²) in [6, 6.07) is 7.55. The van der Waals surface area contributed by atoms with Crippen LogP contribution in [-0.2, 0) is 16.1 Å². The molecule has 110 valence electrons. The molecule has 0 spiro atoms. The SMILES string of the molecule is COc1cccc(CN2C(=O)CCC2(OC)C(C)O)c1. The number of aliphatic hydroxyl groups excluding tert-OH is 1. The van der Waals surface area contributed by atoms with E-state index in [1.165, 1.54) is 7.11 Å². The largest absolute Gasteiger partial charge is 0.497 e. The molecule has 2 unspecified atom stereocenters. The number of carbonyl (C=O) groups is 1. The van der Waals surface area contributed by atoms with Gasteiger partial charge in [0.1, 0.15) is 5.75 Å². The maximum atomic E-state index is 12.1. The summed E-state index contributed by atoms with van der Waals surface area (Å²) in [5.74, 6) is 0.741. The Hall–Kier alpha value is -1.59. The van der Waals surface area contributed by atoms with E-state index in [2.05, 4.69) is 0 Å². The van der Waals surface area contributed by atoms with Crippen LogP contribution >= 0.6 is 0 Å². The molecule has 1 N–H and O–H groups in total. The fraction of sp³-hybridized carbons (Fsp3) is 0.533. The Morgan fingerprint density at radius 2 is 2.20 bits per heavy atom. The molecule has 1 fully saturated rings. The molecule has 1 aliphatic rings. The van der Waals surface area contributed by atoms with Gasteiger partial charge in [0.15, 0.2) is 5.72 Å². The summed E-state index contributed by atoms with van der Waals surface area (Å²) in [6.45, 7) is 2.05. The number of carbonyl (C=O) groups excluding carboxylic acids is 1. The van der Waals surface area contributed by atoms with Crippen molar-refractivity contribution in [2.24, 2.45) is 0 Å². The van der Waals surface area contributed by atoms with Crippen LogP contribution in [0.4, 0.5) is 0 Å². The predicted octanol–water partition coefficient (Wildman–Crippen LogP) is 1.54. The highest BCUT2D eigenvalue weighted by atomic mass is 16.5. The lowest BCUT2D eigenvalue weighted by Crippen LogP contribution is -2.54. The van der Waals surface area contributed by atoms with Crippen molar-refractivity contribution in [3.8, 4) is 5.75 Å². The minimum absolute atomic E-state index is 0.00410. The van der Waals surface area contributed by atoms with Gasteiger partial charge in [-0.1, -0.05) is 12.1 Å². The Kier molecular flexibility index (Phi) is 4.30. The van der Waals surface area contributed by atoms with Gasteiger partial charge in [0.05, 0.1) is 13.2 Å². The first-order chi connectivity index (χ1) is 9.53. The van der Waals surface area contributed by atoms with Crippen LogP contribution in [-0.4, -0.2) is 42.0 Å². The van der Waals surface area contributed by atoms with E-state index >= 15 is 0 Å². The maximum Gasteiger partial charge on any atom is 0.225 e. The average Bonchev–Trinajstić information content (AvgIpc) is 2.77. The zero-order chi connectivity index (χ0) is 14.8. The summed E-state index contributed by atoms with van der Waals surface area (Å²) < 4.78 is 10.7. The highest BCUT2D eigenvalue weighted by Crippen LogP contribution is 2.35. The molecular weight excluding hydrogens is 258 g/mol. The Labute approximate surface area is 119 Å². The maximum absolute atomic E-state index is 12.1. The topological polar surface area (TPSA) is 59.0 Å². The van der Waals surface area contributed by atoms with Gasteiger partial charge in [-0.3, -0.25) is 4.79 Å². The molecule has 20 heavy (non-hydrogen) atoms. The number of nitrogens with zero attached hydrogens (tertiary/aromatic N) is 1. The second-order valence-corrected chi connectivity index (χ2v) is 5.06. The Morgan fingerprint density at radius 3 is 2.80 bits per heavy atom. The molecule has 0 radical (unpaired) electrons. The molecule has 1 aliphatic heterocycles. The third kappa shape index (κ3) is 2.51. The van der Waals surface area contributed by atoms with E-state index in [-0.39, 0.29) is 5.91 Å². The molecule has 1 heterocycles. The lowest BCUT2D eigenvalue weighted by Gasteiger charge is -2.39. The van der Waals surface area contributed by atoms with Gasteiger partial charge in [-0.05, 0) is 24.6 Å². The molecule has 1 aromatic carbocycles. The van der Waals surface area contributed by atoms with E-state index in [1.54, 1.807) is 18.9 Å². The highest BCUT2D eigenvalue weighted by Gasteiger charge is 2.49. The van der Waals surface area contributed by atoms with E-state index in [9.17, 15) is 9.90 Å². The minimum atomic E-state index is -0.930. The number of aliphatic hydroxyl groups is 1. The molecular formula is C15H21NO4. The van der Waals surface area contributed by atoms with Crippen molar-refractivity contribution in [1.82, 2.24) is 4.90 Å². The minimum Gasteiger partial charge on any atom is -0.497 e. The van der Waals surface area contributed by atoms with E-state index < -0.39 is 11.8 Å². The van der Waals surface area contributed by atoms with Crippen molar-refractivity contribution in [1.29, 1.82) is 0 Å². The van der Waals surface area contributed by atoms with Crippen molar-refractivity contribution < 1.29 is 19.4 Å². The lowest BCUT2D eigenvalue weighted by atomic mass is 10.0. The van der Waals surface area contributed by atoms with Crippen LogP contribution in [0.5, 0.6) is 5.75 Å². The first-order valence-electron chi connectivity index (χ1n) is 6.70. The van der Waals surface area contributed by atoms with Gasteiger partial charge in [0.25, 0.3) is 0 Å². The quantitative estimate of drug-likeness (QED) is 0.888. The van der Waals surface area contributed by atoms with Crippen molar-refractivity contribution in [3.05, 3.63) is 29.8 Å². The van der Waals surface area contributed by atoms with E-state index in [0.29, 0.717) is 19.4 Å². The monoisotopic (exact) mass is 279 g/mol. The highest BCUT2D eigenvalue weighted by molar-refractivity contribution is 5.79. The second kappa shape index (κ2) is 5.81. The fourth-order valence-corrected chi connectivity index (χ4v) is 2.76. The van der Waals surface area contributed by atoms with Crippen LogP contribution in [0.1, 0.15) is 25.3 Å². The van der Waals surface area contributed by atoms with Crippen LogP contribution in [0.2, 0.25) is 0 Å². The average molecular weight is 279 g/mol. The van der Waals surface area contributed by atoms with Crippen molar-refractivity contribution in [2.75, 3.05) is 14.2 Å². The number of hydrogen-bond acceptors (Lipinski definition) is 4. The molecule has 1 amide bonds. The summed E-state index contributed by atoms with van der Waals surface area (Å²) >= 11 is 0. The van der Waals surface area contributed by atoms with Gasteiger partial charge in [0, 0.05) is 26.5 Å². The molecule has 0 saturated carbocycles. The molecule has 0 aromatic heterocycles. The summed E-state index contributed by atoms with van der Waals surface area (Å²) in [5, 5.41) is 10.0. The zero-order valence-electron chi connectivity index (χ0n) is 12.1. The molecule has 5 nitrogen and oxygen atoms in total. The molecule has 1 aromatic rings. The van der Waals surface area contributed by atoms with Gasteiger partial charge in [0.2, 0.25) is 5.91 Å². The van der Waals surface area contributed by atoms with Crippen LogP contribution in [0.3, 0.4) is 0 Å². The summed E-state index contributed by atoms with van der Waals surface area (Å²) in [6.07, 6.45) is 0.150. The smallest absolute Gasteiger partial charge is 0.225 e. The third-order valence-electron chi connectivity index (χ3n) is 3.94. The zero-order valence-corrected chi connectivity index (χ0v) is 12.1. The normalized spacial score (nSPS) is 24.0. The van der Waals surface area contributed by atoms with Gasteiger partial charge in [-0.2, -0.15) is 0 Å². The van der Waals surface area contributed by atoms with Crippen molar-refractivity contribution in [2.45, 2.75) is 38.1 Å². The molecule has 2 atom stereocenters. The van der Waals surface area contributed by atoms with Crippen LogP contribution in [0.25, 0.3) is 0 Å². The fourth-order valence-electron chi connectivity index (χ4n) is 2.76. The summed E-state index contributed by atoms with van der Waals surface area (Å²) in [4.78, 5) is 13.7. The third-order valence-corrected chi connectivity index (χ3v) is 3.94. The van der Waals surface area contributed by atoms with Gasteiger partial charge < -0.3 is 19.5 Å². The first kappa shape index (κ1) is 14.8. The number of methoxy groups -OCH3 is 2. The van der Waals surface area contributed by atoms with Crippen LogP contribution in [0.15, 0.2) is 24.3 Å². The van der Waals surface area contributed by atoms with Crippen molar-refractivity contribution in [3.63, 3.8) is 0 Å². The number of rotatable bonds is 5. The molecule has 2 rings (SSSR count). The molecule has 0 bridgehead atoms. The first-order valence-corrected chi connectivity index (χ1v) is 6.70. The number of benzene rings is 1. The predicted molar refractivity (Wildman–Crippen MR) is 74.2 cm³/mol. The number of ether oxygens (including phenoxy) is 2. The van der Waals surface area contributed by atoms with E-state index in [1.807, 2.05) is 24.3 Å². The van der Waals surface area contributed by atoms with Gasteiger partial charge in [-0.25, -0.2) is 0 Å². The van der Waals surface area contributed by atoms with E-state index in [4.69, 9.17) is 9.47 Å². The summed E-state index contributed by atoms with van der Waals surface area (Å²) in [7, 11) is 3.14. The standard InChI is InChI=1S/C15H21NO4/c1-11(17)15(20-3)8-7-14(18)16(15)10-12-5-4-6-13(9-12)19-2/h4-6,9,11,17H,7-8,10H2,1-3H3. The number of likely N-dealkylation sites (tertiary alicyclic amines) is 1. The molecule has 5 heteroatoms. The number of hydrogen-bond donors (Lipinski definition) is 1. The van der Waals surface area contributed by atoms with Crippen LogP contribution in [0, 0.1) is 0 Å². The van der Waals surface area contributed by atoms with Crippen LogP contribution < -0.4 is 4.74 Å².